The Morgan fingerprint density at radius 2 is 1.47 bits per heavy atom. The predicted molar refractivity (Wildman–Crippen MR) is 130 cm³/mol. The fourth-order valence-electron chi connectivity index (χ4n) is 5.77. The van der Waals surface area contributed by atoms with E-state index in [1.165, 1.54) is 29.5 Å². The SMILES string of the molecule is CN1Cc2ccccc2C(CCN2CCC(c3ccccc3)CC2)(c2ccccc2)C1=O. The van der Waals surface area contributed by atoms with Crippen LogP contribution in [0.3, 0.4) is 0 Å². The Hall–Kier alpha value is -2.91. The van der Waals surface area contributed by atoms with E-state index in [4.69, 9.17) is 0 Å². The molecule has 1 fully saturated rings. The maximum absolute atomic E-state index is 13.8. The number of carbonyl (C=O) groups is 1. The lowest BCUT2D eigenvalue weighted by Crippen LogP contribution is -2.51. The summed E-state index contributed by atoms with van der Waals surface area (Å²) in [5, 5.41) is 0. The zero-order chi connectivity index (χ0) is 22.0. The fourth-order valence-corrected chi connectivity index (χ4v) is 5.77. The van der Waals surface area contributed by atoms with Gasteiger partial charge in [-0.3, -0.25) is 4.79 Å². The van der Waals surface area contributed by atoms with Gasteiger partial charge < -0.3 is 9.80 Å². The van der Waals surface area contributed by atoms with Gasteiger partial charge in [0.2, 0.25) is 5.91 Å². The van der Waals surface area contributed by atoms with E-state index >= 15 is 0 Å². The fraction of sp³-hybridized carbons (Fsp3) is 0.345. The van der Waals surface area contributed by atoms with Crippen molar-refractivity contribution in [2.75, 3.05) is 26.7 Å². The van der Waals surface area contributed by atoms with Crippen LogP contribution in [0.5, 0.6) is 0 Å². The Balaban J connectivity index is 1.40. The zero-order valence-corrected chi connectivity index (χ0v) is 18.9. The highest BCUT2D eigenvalue weighted by Crippen LogP contribution is 2.43. The quantitative estimate of drug-likeness (QED) is 0.561. The highest BCUT2D eigenvalue weighted by atomic mass is 16.2. The Labute approximate surface area is 191 Å². The second-order valence-electron chi connectivity index (χ2n) is 9.37. The number of hydrogen-bond acceptors (Lipinski definition) is 2. The number of nitrogens with zero attached hydrogens (tertiary/aromatic N) is 2. The topological polar surface area (TPSA) is 23.6 Å². The molecule has 0 spiro atoms. The first-order chi connectivity index (χ1) is 15.7. The lowest BCUT2D eigenvalue weighted by Gasteiger charge is -2.44. The number of amides is 1. The molecule has 1 amide bonds. The van der Waals surface area contributed by atoms with Gasteiger partial charge in [0.15, 0.2) is 0 Å². The van der Waals surface area contributed by atoms with Gasteiger partial charge in [0, 0.05) is 13.6 Å². The minimum absolute atomic E-state index is 0.224. The van der Waals surface area contributed by atoms with Gasteiger partial charge in [-0.1, -0.05) is 84.9 Å². The first-order valence-corrected chi connectivity index (χ1v) is 11.9. The van der Waals surface area contributed by atoms with Gasteiger partial charge in [-0.2, -0.15) is 0 Å². The molecule has 1 unspecified atom stereocenters. The minimum atomic E-state index is -0.610. The molecule has 32 heavy (non-hydrogen) atoms. The molecule has 0 radical (unpaired) electrons. The number of fused-ring (bicyclic) bond motifs is 1. The van der Waals surface area contributed by atoms with Gasteiger partial charge in [-0.05, 0) is 67.1 Å². The molecule has 3 aromatic rings. The van der Waals surface area contributed by atoms with Crippen LogP contribution in [0, 0.1) is 0 Å². The number of likely N-dealkylation sites (tertiary alicyclic amines) is 1. The third kappa shape index (κ3) is 3.75. The summed E-state index contributed by atoms with van der Waals surface area (Å²) in [7, 11) is 1.95. The van der Waals surface area contributed by atoms with Crippen molar-refractivity contribution in [3.05, 3.63) is 107 Å². The molecule has 3 heteroatoms. The van der Waals surface area contributed by atoms with E-state index in [1.807, 2.05) is 18.0 Å². The van der Waals surface area contributed by atoms with Gasteiger partial charge in [0.1, 0.15) is 5.41 Å². The van der Waals surface area contributed by atoms with Crippen molar-refractivity contribution in [1.82, 2.24) is 9.80 Å². The first kappa shape index (κ1) is 21.0. The Kier molecular flexibility index (Phi) is 5.84. The summed E-state index contributed by atoms with van der Waals surface area (Å²) in [4.78, 5) is 18.3. The molecule has 1 saturated heterocycles. The largest absolute Gasteiger partial charge is 0.340 e. The molecule has 5 rings (SSSR count). The zero-order valence-electron chi connectivity index (χ0n) is 18.9. The van der Waals surface area contributed by atoms with Crippen LogP contribution in [0.4, 0.5) is 0 Å². The third-order valence-electron chi connectivity index (χ3n) is 7.52. The molecule has 3 aromatic carbocycles. The van der Waals surface area contributed by atoms with Gasteiger partial charge >= 0.3 is 0 Å². The number of rotatable bonds is 5. The maximum Gasteiger partial charge on any atom is 0.237 e. The molecule has 2 aliphatic heterocycles. The van der Waals surface area contributed by atoms with Crippen LogP contribution in [0.15, 0.2) is 84.9 Å². The Morgan fingerprint density at radius 1 is 0.844 bits per heavy atom. The number of benzene rings is 3. The van der Waals surface area contributed by atoms with Crippen molar-refractivity contribution in [3.63, 3.8) is 0 Å². The summed E-state index contributed by atoms with van der Waals surface area (Å²) in [5.74, 6) is 0.875. The Morgan fingerprint density at radius 3 is 2.19 bits per heavy atom. The highest BCUT2D eigenvalue weighted by molar-refractivity contribution is 5.94. The van der Waals surface area contributed by atoms with Crippen molar-refractivity contribution >= 4 is 5.91 Å². The molecule has 0 bridgehead atoms. The van der Waals surface area contributed by atoms with Crippen LogP contribution in [0.1, 0.15) is 47.4 Å². The number of likely N-dealkylation sites (N-methyl/N-ethyl adjacent to an activating group) is 1. The summed E-state index contributed by atoms with van der Waals surface area (Å²) in [6, 6.07) is 29.9. The number of piperidine rings is 1. The van der Waals surface area contributed by atoms with E-state index in [9.17, 15) is 4.79 Å². The lowest BCUT2D eigenvalue weighted by atomic mass is 9.67. The van der Waals surface area contributed by atoms with E-state index in [2.05, 4.69) is 83.8 Å². The summed E-state index contributed by atoms with van der Waals surface area (Å²) >= 11 is 0. The molecular weight excluding hydrogens is 392 g/mol. The monoisotopic (exact) mass is 424 g/mol. The van der Waals surface area contributed by atoms with Gasteiger partial charge in [0.05, 0.1) is 0 Å². The molecule has 0 aromatic heterocycles. The van der Waals surface area contributed by atoms with Crippen molar-refractivity contribution in [3.8, 4) is 0 Å². The lowest BCUT2D eigenvalue weighted by molar-refractivity contribution is -0.136. The van der Waals surface area contributed by atoms with Crippen LogP contribution in [0.25, 0.3) is 0 Å². The van der Waals surface area contributed by atoms with Crippen LogP contribution in [0.2, 0.25) is 0 Å². The molecule has 0 aliphatic carbocycles. The summed E-state index contributed by atoms with van der Waals surface area (Å²) in [5.41, 5.74) is 4.42. The molecule has 0 saturated carbocycles. The van der Waals surface area contributed by atoms with Crippen LogP contribution in [-0.4, -0.2) is 42.4 Å². The first-order valence-electron chi connectivity index (χ1n) is 11.9. The van der Waals surface area contributed by atoms with Crippen LogP contribution >= 0.6 is 0 Å². The molecular formula is C29H32N2O. The minimum Gasteiger partial charge on any atom is -0.340 e. The van der Waals surface area contributed by atoms with Crippen molar-refractivity contribution < 1.29 is 4.79 Å². The standard InChI is InChI=1S/C29H32N2O/c1-30-22-25-12-8-9-15-27(25)29(28(30)32,26-13-6-3-7-14-26)18-21-31-19-16-24(17-20-31)23-10-4-2-5-11-23/h2-15,24H,16-22H2,1H3. The smallest absolute Gasteiger partial charge is 0.237 e. The van der Waals surface area contributed by atoms with Crippen molar-refractivity contribution in [1.29, 1.82) is 0 Å². The highest BCUT2D eigenvalue weighted by Gasteiger charge is 2.47. The third-order valence-corrected chi connectivity index (χ3v) is 7.52. The molecule has 164 valence electrons. The van der Waals surface area contributed by atoms with E-state index in [-0.39, 0.29) is 5.91 Å². The second-order valence-corrected chi connectivity index (χ2v) is 9.37. The number of hydrogen-bond donors (Lipinski definition) is 0. The summed E-state index contributed by atoms with van der Waals surface area (Å²) < 4.78 is 0. The summed E-state index contributed by atoms with van der Waals surface area (Å²) in [6.45, 7) is 3.81. The van der Waals surface area contributed by atoms with Crippen molar-refractivity contribution in [2.45, 2.75) is 37.1 Å². The molecule has 3 nitrogen and oxygen atoms in total. The van der Waals surface area contributed by atoms with Crippen molar-refractivity contribution in [2.24, 2.45) is 0 Å². The second kappa shape index (κ2) is 8.91. The maximum atomic E-state index is 13.8. The molecule has 0 N–H and O–H groups in total. The van der Waals surface area contributed by atoms with Gasteiger partial charge in [0.25, 0.3) is 0 Å². The average Bonchev–Trinajstić information content (AvgIpc) is 2.86. The average molecular weight is 425 g/mol. The normalized spacial score (nSPS) is 22.0. The van der Waals surface area contributed by atoms with Crippen LogP contribution in [-0.2, 0) is 16.8 Å². The van der Waals surface area contributed by atoms with Gasteiger partial charge in [-0.15, -0.1) is 0 Å². The predicted octanol–water partition coefficient (Wildman–Crippen LogP) is 5.21. The molecule has 2 aliphatic rings. The van der Waals surface area contributed by atoms with E-state index in [1.54, 1.807) is 0 Å². The van der Waals surface area contributed by atoms with E-state index in [0.717, 1.165) is 31.6 Å². The van der Waals surface area contributed by atoms with Gasteiger partial charge in [-0.25, -0.2) is 0 Å². The molecule has 2 heterocycles. The van der Waals surface area contributed by atoms with E-state index in [0.29, 0.717) is 12.5 Å². The molecule has 1 atom stereocenters. The summed E-state index contributed by atoms with van der Waals surface area (Å²) in [6.07, 6.45) is 3.19. The van der Waals surface area contributed by atoms with E-state index < -0.39 is 5.41 Å². The number of carbonyl (C=O) groups excluding carboxylic acids is 1. The Bertz CT molecular complexity index is 1060. The van der Waals surface area contributed by atoms with Crippen LogP contribution < -0.4 is 0 Å².